The van der Waals surface area contributed by atoms with Crippen LogP contribution in [0.3, 0.4) is 0 Å². The molecule has 0 saturated heterocycles. The molecule has 24 heavy (non-hydrogen) atoms. The molecule has 0 atom stereocenters. The third-order valence-electron chi connectivity index (χ3n) is 3.99. The van der Waals surface area contributed by atoms with Crippen LogP contribution in [0.1, 0.15) is 81.6 Å². The summed E-state index contributed by atoms with van der Waals surface area (Å²) in [6.07, 6.45) is 13.5. The normalized spacial score (nSPS) is 11.1. The molecule has 3 nitrogen and oxygen atoms in total. The largest absolute Gasteiger partial charge is 0.277 e. The van der Waals surface area contributed by atoms with Gasteiger partial charge in [-0.15, -0.1) is 0 Å². The molecule has 0 aromatic heterocycles. The third kappa shape index (κ3) is 7.78. The predicted molar refractivity (Wildman–Crippen MR) is 102 cm³/mol. The summed E-state index contributed by atoms with van der Waals surface area (Å²) in [5.74, 6) is -0.0815. The minimum atomic E-state index is -0.0815. The molecule has 1 amide bonds. The molecule has 1 aromatic rings. The first-order chi connectivity index (χ1) is 11.7. The Labute approximate surface area is 147 Å². The van der Waals surface area contributed by atoms with Crippen molar-refractivity contribution in [2.45, 2.75) is 65.7 Å². The number of carbonyl (C=O) groups is 1. The lowest BCUT2D eigenvalue weighted by Crippen LogP contribution is -2.30. The number of hydrogen-bond donors (Lipinski definition) is 0. The number of allylic oxidation sites excluding steroid dienone is 1. The van der Waals surface area contributed by atoms with E-state index in [2.05, 4.69) is 19.1 Å². The minimum absolute atomic E-state index is 0.0815. The van der Waals surface area contributed by atoms with Gasteiger partial charge in [-0.2, -0.15) is 0 Å². The van der Waals surface area contributed by atoms with Gasteiger partial charge in [-0.25, -0.2) is 5.06 Å². The van der Waals surface area contributed by atoms with E-state index in [9.17, 15) is 4.79 Å². The Morgan fingerprint density at radius 3 is 2.29 bits per heavy atom. The fourth-order valence-electron chi connectivity index (χ4n) is 2.59. The average Bonchev–Trinajstić information content (AvgIpc) is 2.62. The lowest BCUT2D eigenvalue weighted by molar-refractivity contribution is -0.115. The predicted octanol–water partition coefficient (Wildman–Crippen LogP) is 5.86. The van der Waals surface area contributed by atoms with E-state index >= 15 is 0 Å². The quantitative estimate of drug-likeness (QED) is 0.354. The minimum Gasteiger partial charge on any atom is -0.271 e. The van der Waals surface area contributed by atoms with Gasteiger partial charge in [-0.1, -0.05) is 63.3 Å². The Hall–Kier alpha value is -1.61. The highest BCUT2D eigenvalue weighted by Gasteiger charge is 2.13. The molecule has 0 bridgehead atoms. The smallest absolute Gasteiger partial charge is 0.271 e. The molecule has 0 unspecified atom stereocenters. The summed E-state index contributed by atoms with van der Waals surface area (Å²) < 4.78 is 0. The monoisotopic (exact) mass is 331 g/mol. The van der Waals surface area contributed by atoms with Crippen LogP contribution in [0.5, 0.6) is 0 Å². The molecule has 0 N–H and O–H groups in total. The van der Waals surface area contributed by atoms with Gasteiger partial charge in [-0.3, -0.25) is 9.63 Å². The van der Waals surface area contributed by atoms with E-state index in [1.165, 1.54) is 43.6 Å². The van der Waals surface area contributed by atoms with E-state index in [0.717, 1.165) is 12.0 Å². The van der Waals surface area contributed by atoms with Gasteiger partial charge in [0.15, 0.2) is 0 Å². The molecular weight excluding hydrogens is 298 g/mol. The summed E-state index contributed by atoms with van der Waals surface area (Å²) in [5.41, 5.74) is 1.80. The number of hydrogen-bond acceptors (Lipinski definition) is 2. The van der Waals surface area contributed by atoms with Gasteiger partial charge in [0.05, 0.1) is 6.61 Å². The Morgan fingerprint density at radius 2 is 1.67 bits per heavy atom. The molecule has 1 aromatic carbocycles. The number of amides is 1. The molecule has 0 fully saturated rings. The molecule has 3 heteroatoms. The number of unbranched alkanes of at least 4 members (excludes halogenated alkanes) is 6. The second-order valence-electron chi connectivity index (χ2n) is 6.00. The Morgan fingerprint density at radius 1 is 1.00 bits per heavy atom. The standard InChI is InChI=1S/C21H33NO2/c1-4-7-8-9-10-11-12-13-14-19-15-17-20(18-16-19)21(23)22(5-2)24-6-3/h13-18H,4-12H2,1-3H3/b14-13+. The van der Waals surface area contributed by atoms with Crippen molar-refractivity contribution in [3.63, 3.8) is 0 Å². The molecule has 1 rings (SSSR count). The van der Waals surface area contributed by atoms with E-state index in [1.54, 1.807) is 0 Å². The SMILES string of the molecule is CCCCCCCC/C=C/c1ccc(C(=O)N(CC)OCC)cc1. The highest BCUT2D eigenvalue weighted by molar-refractivity contribution is 5.93. The van der Waals surface area contributed by atoms with E-state index < -0.39 is 0 Å². The van der Waals surface area contributed by atoms with Crippen LogP contribution in [-0.2, 0) is 4.84 Å². The first-order valence-electron chi connectivity index (χ1n) is 9.44. The maximum atomic E-state index is 12.3. The maximum Gasteiger partial charge on any atom is 0.277 e. The zero-order valence-corrected chi connectivity index (χ0v) is 15.6. The van der Waals surface area contributed by atoms with Crippen LogP contribution >= 0.6 is 0 Å². The lowest BCUT2D eigenvalue weighted by Gasteiger charge is -2.19. The van der Waals surface area contributed by atoms with Gasteiger partial charge < -0.3 is 0 Å². The summed E-state index contributed by atoms with van der Waals surface area (Å²) in [5, 5.41) is 1.41. The van der Waals surface area contributed by atoms with Gasteiger partial charge in [0, 0.05) is 12.1 Å². The zero-order valence-electron chi connectivity index (χ0n) is 15.6. The molecule has 0 heterocycles. The van der Waals surface area contributed by atoms with Crippen molar-refractivity contribution in [1.82, 2.24) is 5.06 Å². The number of nitrogens with zero attached hydrogens (tertiary/aromatic N) is 1. The fraction of sp³-hybridized carbons (Fsp3) is 0.571. The van der Waals surface area contributed by atoms with E-state index in [4.69, 9.17) is 4.84 Å². The summed E-state index contributed by atoms with van der Waals surface area (Å²) >= 11 is 0. The van der Waals surface area contributed by atoms with Gasteiger partial charge in [0.1, 0.15) is 0 Å². The van der Waals surface area contributed by atoms with Crippen LogP contribution in [0.25, 0.3) is 6.08 Å². The Bertz CT molecular complexity index is 479. The van der Waals surface area contributed by atoms with Crippen molar-refractivity contribution in [3.05, 3.63) is 41.5 Å². The molecule has 0 aliphatic carbocycles. The maximum absolute atomic E-state index is 12.3. The second kappa shape index (κ2) is 12.8. The molecule has 0 aliphatic rings. The Balaban J connectivity index is 2.38. The summed E-state index contributed by atoms with van der Waals surface area (Å²) in [4.78, 5) is 17.6. The highest BCUT2D eigenvalue weighted by Crippen LogP contribution is 2.11. The fourth-order valence-corrected chi connectivity index (χ4v) is 2.59. The van der Waals surface area contributed by atoms with Crippen molar-refractivity contribution >= 4 is 12.0 Å². The topological polar surface area (TPSA) is 29.5 Å². The van der Waals surface area contributed by atoms with Crippen LogP contribution in [0.2, 0.25) is 0 Å². The van der Waals surface area contributed by atoms with E-state index in [-0.39, 0.29) is 5.91 Å². The Kier molecular flexibility index (Phi) is 10.9. The second-order valence-corrected chi connectivity index (χ2v) is 6.00. The number of rotatable bonds is 12. The van der Waals surface area contributed by atoms with Crippen LogP contribution in [-0.4, -0.2) is 24.1 Å². The van der Waals surface area contributed by atoms with Crippen molar-refractivity contribution in [2.24, 2.45) is 0 Å². The van der Waals surface area contributed by atoms with Crippen LogP contribution in [0.15, 0.2) is 30.3 Å². The molecule has 0 spiro atoms. The molecule has 0 radical (unpaired) electrons. The van der Waals surface area contributed by atoms with E-state index in [0.29, 0.717) is 18.7 Å². The van der Waals surface area contributed by atoms with Crippen molar-refractivity contribution < 1.29 is 9.63 Å². The van der Waals surface area contributed by atoms with Crippen molar-refractivity contribution in [1.29, 1.82) is 0 Å². The average molecular weight is 332 g/mol. The van der Waals surface area contributed by atoms with Crippen molar-refractivity contribution in [2.75, 3.05) is 13.2 Å². The number of hydroxylamine groups is 2. The van der Waals surface area contributed by atoms with Gasteiger partial charge in [-0.05, 0) is 44.4 Å². The molecular formula is C21H33NO2. The molecule has 0 aliphatic heterocycles. The highest BCUT2D eigenvalue weighted by atomic mass is 16.7. The summed E-state index contributed by atoms with van der Waals surface area (Å²) in [6, 6.07) is 7.72. The lowest BCUT2D eigenvalue weighted by atomic mass is 10.1. The molecule has 0 saturated carbocycles. The summed E-state index contributed by atoms with van der Waals surface area (Å²) in [7, 11) is 0. The van der Waals surface area contributed by atoms with E-state index in [1.807, 2.05) is 38.1 Å². The first-order valence-corrected chi connectivity index (χ1v) is 9.44. The first kappa shape index (κ1) is 20.4. The third-order valence-corrected chi connectivity index (χ3v) is 3.99. The van der Waals surface area contributed by atoms with Crippen LogP contribution in [0, 0.1) is 0 Å². The van der Waals surface area contributed by atoms with Gasteiger partial charge in [0.25, 0.3) is 5.91 Å². The number of benzene rings is 1. The van der Waals surface area contributed by atoms with Gasteiger partial charge >= 0.3 is 0 Å². The summed E-state index contributed by atoms with van der Waals surface area (Å²) in [6.45, 7) is 7.09. The molecule has 134 valence electrons. The zero-order chi connectivity index (χ0) is 17.6. The van der Waals surface area contributed by atoms with Gasteiger partial charge in [0.2, 0.25) is 0 Å². The van der Waals surface area contributed by atoms with Crippen LogP contribution < -0.4 is 0 Å². The number of carbonyl (C=O) groups excluding carboxylic acids is 1. The van der Waals surface area contributed by atoms with Crippen molar-refractivity contribution in [3.8, 4) is 0 Å². The van der Waals surface area contributed by atoms with Crippen LogP contribution in [0.4, 0.5) is 0 Å².